The monoisotopic (exact) mass is 113 g/mol. The Kier molecular flexibility index (Phi) is 2.77. The van der Waals surface area contributed by atoms with Crippen LogP contribution in [0.4, 0.5) is 0 Å². The highest BCUT2D eigenvalue weighted by Crippen LogP contribution is 1.96. The van der Waals surface area contributed by atoms with E-state index in [4.69, 9.17) is 5.73 Å². The Morgan fingerprint density at radius 3 is 2.38 bits per heavy atom. The van der Waals surface area contributed by atoms with E-state index in [0.717, 1.165) is 5.57 Å². The van der Waals surface area contributed by atoms with Crippen LogP contribution in [0, 0.1) is 0 Å². The zero-order valence-corrected chi connectivity index (χ0v) is 5.27. The molecule has 0 unspecified atom stereocenters. The van der Waals surface area contributed by atoms with Crippen molar-refractivity contribution in [1.29, 1.82) is 0 Å². The highest BCUT2D eigenvalue weighted by atomic mass is 16.5. The molecule has 0 aliphatic carbocycles. The number of hydrogen-bond donors (Lipinski definition) is 1. The van der Waals surface area contributed by atoms with Crippen molar-refractivity contribution in [1.82, 2.24) is 0 Å². The molecule has 0 aliphatic heterocycles. The van der Waals surface area contributed by atoms with Gasteiger partial charge in [0.1, 0.15) is 0 Å². The Morgan fingerprint density at radius 2 is 2.25 bits per heavy atom. The van der Waals surface area contributed by atoms with Crippen molar-refractivity contribution in [3.63, 3.8) is 0 Å². The molecule has 0 fully saturated rings. The number of rotatable bonds is 2. The number of ether oxygens (including phenoxy) is 1. The Balaban J connectivity index is 4.03. The molecule has 2 heteroatoms. The summed E-state index contributed by atoms with van der Waals surface area (Å²) in [6.07, 6.45) is 1.65. The maximum Gasteiger partial charge on any atom is 0.186 e. The van der Waals surface area contributed by atoms with Crippen LogP contribution in [0.3, 0.4) is 0 Å². The summed E-state index contributed by atoms with van der Waals surface area (Å²) in [4.78, 5) is 0. The first-order chi connectivity index (χ1) is 3.72. The average molecular weight is 113 g/mol. The van der Waals surface area contributed by atoms with Crippen LogP contribution < -0.4 is 5.73 Å². The molecule has 0 aromatic heterocycles. The minimum absolute atomic E-state index is 0.431. The van der Waals surface area contributed by atoms with Crippen molar-refractivity contribution in [3.05, 3.63) is 24.1 Å². The fourth-order valence-corrected chi connectivity index (χ4v) is 0.262. The zero-order valence-electron chi connectivity index (χ0n) is 5.27. The summed E-state index contributed by atoms with van der Waals surface area (Å²) in [6, 6.07) is 0. The van der Waals surface area contributed by atoms with Crippen molar-refractivity contribution in [2.75, 3.05) is 7.11 Å². The van der Waals surface area contributed by atoms with Gasteiger partial charge in [0.15, 0.2) is 5.88 Å². The van der Waals surface area contributed by atoms with Gasteiger partial charge in [-0.1, -0.05) is 12.7 Å². The van der Waals surface area contributed by atoms with Crippen LogP contribution in [0.2, 0.25) is 0 Å². The van der Waals surface area contributed by atoms with E-state index in [0.29, 0.717) is 5.88 Å². The van der Waals surface area contributed by atoms with Gasteiger partial charge in [0.2, 0.25) is 0 Å². The lowest BCUT2D eigenvalue weighted by Gasteiger charge is -1.98. The molecule has 0 bridgehead atoms. The quantitative estimate of drug-likeness (QED) is 0.428. The van der Waals surface area contributed by atoms with Crippen molar-refractivity contribution >= 4 is 0 Å². The largest absolute Gasteiger partial charge is 0.482 e. The summed E-state index contributed by atoms with van der Waals surface area (Å²) in [5.41, 5.74) is 6.18. The molecule has 0 amide bonds. The first-order valence-corrected chi connectivity index (χ1v) is 2.35. The third-order valence-electron chi connectivity index (χ3n) is 0.915. The van der Waals surface area contributed by atoms with E-state index in [1.807, 2.05) is 6.92 Å². The first-order valence-electron chi connectivity index (χ1n) is 2.35. The molecular weight excluding hydrogens is 102 g/mol. The lowest BCUT2D eigenvalue weighted by molar-refractivity contribution is 0.284. The molecule has 0 aliphatic rings. The van der Waals surface area contributed by atoms with Gasteiger partial charge in [-0.25, -0.2) is 0 Å². The van der Waals surface area contributed by atoms with Crippen molar-refractivity contribution < 1.29 is 4.74 Å². The van der Waals surface area contributed by atoms with Gasteiger partial charge in [0.05, 0.1) is 7.11 Å². The van der Waals surface area contributed by atoms with Crippen molar-refractivity contribution in [2.24, 2.45) is 5.73 Å². The standard InChI is InChI=1S/C6H11NO/c1-4-5(2)6(7)8-3/h4H,1,7H2,2-3H3/b6-5-. The molecule has 0 spiro atoms. The van der Waals surface area contributed by atoms with Crippen LogP contribution in [0.5, 0.6) is 0 Å². The normalized spacial score (nSPS) is 12.2. The molecule has 0 heterocycles. The van der Waals surface area contributed by atoms with E-state index in [2.05, 4.69) is 11.3 Å². The van der Waals surface area contributed by atoms with Crippen LogP contribution in [0.25, 0.3) is 0 Å². The lowest BCUT2D eigenvalue weighted by atomic mass is 10.3. The van der Waals surface area contributed by atoms with Gasteiger partial charge >= 0.3 is 0 Å². The maximum absolute atomic E-state index is 5.31. The summed E-state index contributed by atoms with van der Waals surface area (Å²) in [6.45, 7) is 5.35. The molecule has 46 valence electrons. The fraction of sp³-hybridized carbons (Fsp3) is 0.333. The van der Waals surface area contributed by atoms with Crippen molar-refractivity contribution in [3.8, 4) is 0 Å². The third kappa shape index (κ3) is 1.69. The summed E-state index contributed by atoms with van der Waals surface area (Å²) in [5, 5.41) is 0. The van der Waals surface area contributed by atoms with Crippen LogP contribution in [0.1, 0.15) is 6.92 Å². The molecule has 0 rings (SSSR count). The Labute approximate surface area is 49.6 Å². The number of nitrogens with two attached hydrogens (primary N) is 1. The second-order valence-electron chi connectivity index (χ2n) is 1.46. The van der Waals surface area contributed by atoms with Gasteiger partial charge in [0.25, 0.3) is 0 Å². The van der Waals surface area contributed by atoms with Crippen LogP contribution in [-0.4, -0.2) is 7.11 Å². The topological polar surface area (TPSA) is 35.2 Å². The molecule has 0 atom stereocenters. The Morgan fingerprint density at radius 1 is 1.75 bits per heavy atom. The summed E-state index contributed by atoms with van der Waals surface area (Å²) in [5.74, 6) is 0.431. The molecule has 0 saturated heterocycles. The molecule has 8 heavy (non-hydrogen) atoms. The Bertz CT molecular complexity index is 116. The van der Waals surface area contributed by atoms with Crippen LogP contribution in [-0.2, 0) is 4.74 Å². The molecule has 2 nitrogen and oxygen atoms in total. The van der Waals surface area contributed by atoms with Gasteiger partial charge in [-0.2, -0.15) is 0 Å². The highest BCUT2D eigenvalue weighted by molar-refractivity contribution is 5.15. The van der Waals surface area contributed by atoms with Gasteiger partial charge in [-0.3, -0.25) is 0 Å². The SMILES string of the molecule is C=C/C(C)=C(/N)OC. The third-order valence-corrected chi connectivity index (χ3v) is 0.915. The molecule has 0 aromatic carbocycles. The molecule has 0 saturated carbocycles. The molecular formula is C6H11NO. The Hall–Kier alpha value is -0.920. The van der Waals surface area contributed by atoms with Gasteiger partial charge in [-0.15, -0.1) is 0 Å². The van der Waals surface area contributed by atoms with E-state index in [-0.39, 0.29) is 0 Å². The summed E-state index contributed by atoms with van der Waals surface area (Å²) < 4.78 is 4.69. The van der Waals surface area contributed by atoms with Gasteiger partial charge in [-0.05, 0) is 6.92 Å². The summed E-state index contributed by atoms with van der Waals surface area (Å²) in [7, 11) is 1.53. The lowest BCUT2D eigenvalue weighted by Crippen LogP contribution is -2.01. The second kappa shape index (κ2) is 3.13. The predicted octanol–water partition coefficient (Wildman–Crippen LogP) is 1.01. The molecule has 0 aromatic rings. The minimum atomic E-state index is 0.431. The van der Waals surface area contributed by atoms with E-state index in [1.165, 1.54) is 7.11 Å². The number of methoxy groups -OCH3 is 1. The van der Waals surface area contributed by atoms with Gasteiger partial charge < -0.3 is 10.5 Å². The van der Waals surface area contributed by atoms with Crippen LogP contribution in [0.15, 0.2) is 24.1 Å². The van der Waals surface area contributed by atoms with Crippen LogP contribution >= 0.6 is 0 Å². The average Bonchev–Trinajstić information content (AvgIpc) is 1.84. The van der Waals surface area contributed by atoms with E-state index >= 15 is 0 Å². The fourth-order valence-electron chi connectivity index (χ4n) is 0.262. The molecule has 0 radical (unpaired) electrons. The molecule has 2 N–H and O–H groups in total. The first kappa shape index (κ1) is 7.08. The predicted molar refractivity (Wildman–Crippen MR) is 34.1 cm³/mol. The van der Waals surface area contributed by atoms with Crippen molar-refractivity contribution in [2.45, 2.75) is 6.92 Å². The van der Waals surface area contributed by atoms with E-state index in [1.54, 1.807) is 6.08 Å². The second-order valence-corrected chi connectivity index (χ2v) is 1.46. The number of hydrogen-bond acceptors (Lipinski definition) is 2. The van der Waals surface area contributed by atoms with Gasteiger partial charge in [0, 0.05) is 5.57 Å². The highest BCUT2D eigenvalue weighted by Gasteiger charge is 1.87. The minimum Gasteiger partial charge on any atom is -0.482 e. The smallest absolute Gasteiger partial charge is 0.186 e. The number of allylic oxidation sites excluding steroid dienone is 2. The summed E-state index contributed by atoms with van der Waals surface area (Å²) >= 11 is 0. The zero-order chi connectivity index (χ0) is 6.57. The van der Waals surface area contributed by atoms with E-state index in [9.17, 15) is 0 Å². The van der Waals surface area contributed by atoms with E-state index < -0.39 is 0 Å². The maximum atomic E-state index is 5.31.